The van der Waals surface area contributed by atoms with E-state index < -0.39 is 0 Å². The van der Waals surface area contributed by atoms with E-state index in [9.17, 15) is 0 Å². The first-order valence-electron chi connectivity index (χ1n) is 4.77. The Hall–Kier alpha value is -0.110. The van der Waals surface area contributed by atoms with E-state index in [-0.39, 0.29) is 0 Å². The number of thiol groups is 1. The van der Waals surface area contributed by atoms with Crippen molar-refractivity contribution >= 4 is 12.6 Å². The van der Waals surface area contributed by atoms with Gasteiger partial charge in [-0.15, -0.1) is 0 Å². The molecule has 0 aliphatic rings. The summed E-state index contributed by atoms with van der Waals surface area (Å²) >= 11 is 4.18. The molecule has 0 aliphatic heterocycles. The van der Waals surface area contributed by atoms with Gasteiger partial charge >= 0.3 is 0 Å². The fraction of sp³-hybridized carbons (Fsp3) is 0.800. The van der Waals surface area contributed by atoms with E-state index >= 15 is 0 Å². The van der Waals surface area contributed by atoms with Crippen LogP contribution in [0.5, 0.6) is 0 Å². The molecular formula is C10H20OS. The average molecular weight is 188 g/mol. The van der Waals surface area contributed by atoms with E-state index in [1.807, 2.05) is 0 Å². The van der Waals surface area contributed by atoms with Gasteiger partial charge in [0.2, 0.25) is 0 Å². The molecule has 0 N–H and O–H groups in total. The lowest BCUT2D eigenvalue weighted by molar-refractivity contribution is 0.199. The van der Waals surface area contributed by atoms with Crippen LogP contribution in [0.4, 0.5) is 0 Å². The molecule has 12 heavy (non-hydrogen) atoms. The third-order valence-electron chi connectivity index (χ3n) is 1.58. The van der Waals surface area contributed by atoms with Crippen LogP contribution in [0, 0.1) is 0 Å². The third-order valence-corrected chi connectivity index (χ3v) is 1.80. The highest BCUT2D eigenvalue weighted by molar-refractivity contribution is 7.80. The fourth-order valence-electron chi connectivity index (χ4n) is 0.919. The van der Waals surface area contributed by atoms with Crippen LogP contribution in [-0.4, -0.2) is 12.4 Å². The second-order valence-corrected chi connectivity index (χ2v) is 3.20. The summed E-state index contributed by atoms with van der Waals surface area (Å²) in [5.74, 6) is 1.98. The van der Waals surface area contributed by atoms with Gasteiger partial charge in [-0.25, -0.2) is 0 Å². The normalized spacial score (nSPS) is 11.8. The molecule has 0 radical (unpaired) electrons. The molecule has 0 rings (SSSR count). The van der Waals surface area contributed by atoms with Crippen molar-refractivity contribution in [1.82, 2.24) is 0 Å². The average Bonchev–Trinajstić information content (AvgIpc) is 2.06. The number of ether oxygens (including phenoxy) is 1. The minimum atomic E-state index is 0.857. The smallest absolute Gasteiger partial charge is 0.0928 e. The van der Waals surface area contributed by atoms with Gasteiger partial charge in [0.1, 0.15) is 0 Å². The van der Waals surface area contributed by atoms with Gasteiger partial charge in [0.25, 0.3) is 0 Å². The van der Waals surface area contributed by atoms with Crippen LogP contribution in [0.1, 0.15) is 39.5 Å². The van der Waals surface area contributed by atoms with E-state index in [1.165, 1.54) is 6.42 Å². The molecule has 0 amide bonds. The molecule has 1 nitrogen and oxygen atoms in total. The molecule has 0 fully saturated rings. The topological polar surface area (TPSA) is 9.23 Å². The lowest BCUT2D eigenvalue weighted by atomic mass is 10.3. The maximum absolute atomic E-state index is 5.58. The molecule has 0 aromatic rings. The number of hydrogen-bond acceptors (Lipinski definition) is 2. The van der Waals surface area contributed by atoms with Crippen molar-refractivity contribution in [2.45, 2.75) is 39.5 Å². The summed E-state index contributed by atoms with van der Waals surface area (Å²) in [6.45, 7) is 5.16. The van der Waals surface area contributed by atoms with E-state index in [2.05, 4.69) is 32.6 Å². The van der Waals surface area contributed by atoms with Crippen molar-refractivity contribution in [1.29, 1.82) is 0 Å². The summed E-state index contributed by atoms with van der Waals surface area (Å²) in [5.41, 5.74) is 0. The van der Waals surface area contributed by atoms with Gasteiger partial charge in [0.05, 0.1) is 12.4 Å². The molecule has 2 heteroatoms. The highest BCUT2D eigenvalue weighted by Gasteiger charge is 1.95. The van der Waals surface area contributed by atoms with Gasteiger partial charge in [-0.05, 0) is 24.7 Å². The zero-order valence-electron chi connectivity index (χ0n) is 8.18. The van der Waals surface area contributed by atoms with Crippen molar-refractivity contribution in [3.05, 3.63) is 11.8 Å². The van der Waals surface area contributed by atoms with Crippen LogP contribution in [-0.2, 0) is 4.74 Å². The van der Waals surface area contributed by atoms with E-state index in [1.54, 1.807) is 0 Å². The van der Waals surface area contributed by atoms with Crippen LogP contribution in [0.2, 0.25) is 0 Å². The van der Waals surface area contributed by atoms with Crippen molar-refractivity contribution < 1.29 is 4.74 Å². The molecule has 0 aromatic carbocycles. The highest BCUT2D eigenvalue weighted by atomic mass is 32.1. The summed E-state index contributed by atoms with van der Waals surface area (Å²) in [7, 11) is 0. The maximum atomic E-state index is 5.58. The Labute approximate surface area is 81.6 Å². The van der Waals surface area contributed by atoms with Crippen LogP contribution in [0.25, 0.3) is 0 Å². The lowest BCUT2D eigenvalue weighted by Crippen LogP contribution is -1.95. The monoisotopic (exact) mass is 188 g/mol. The second kappa shape index (κ2) is 8.98. The first kappa shape index (κ1) is 11.9. The zero-order valence-corrected chi connectivity index (χ0v) is 9.07. The van der Waals surface area contributed by atoms with Crippen molar-refractivity contribution in [3.8, 4) is 0 Å². The molecule has 0 heterocycles. The molecule has 72 valence electrons. The zero-order chi connectivity index (χ0) is 9.23. The predicted molar refractivity (Wildman–Crippen MR) is 57.7 cm³/mol. The first-order chi connectivity index (χ1) is 5.85. The minimum absolute atomic E-state index is 0.857. The van der Waals surface area contributed by atoms with Crippen LogP contribution < -0.4 is 0 Å². The Morgan fingerprint density at radius 3 is 2.67 bits per heavy atom. The first-order valence-corrected chi connectivity index (χ1v) is 5.41. The predicted octanol–water partition coefficient (Wildman–Crippen LogP) is 3.42. The number of hydrogen-bond donors (Lipinski definition) is 1. The van der Waals surface area contributed by atoms with Gasteiger partial charge < -0.3 is 4.74 Å². The van der Waals surface area contributed by atoms with E-state index in [0.717, 1.165) is 37.4 Å². The van der Waals surface area contributed by atoms with Crippen molar-refractivity contribution in [2.75, 3.05) is 12.4 Å². The van der Waals surface area contributed by atoms with Gasteiger partial charge in [0.15, 0.2) is 0 Å². The van der Waals surface area contributed by atoms with Gasteiger partial charge in [-0.2, -0.15) is 12.6 Å². The van der Waals surface area contributed by atoms with E-state index in [0.29, 0.717) is 0 Å². The molecule has 0 unspecified atom stereocenters. The molecule has 0 aliphatic carbocycles. The van der Waals surface area contributed by atoms with Gasteiger partial charge in [-0.1, -0.05) is 20.3 Å². The van der Waals surface area contributed by atoms with Gasteiger partial charge in [0, 0.05) is 6.42 Å². The molecule has 0 saturated heterocycles. The Bertz CT molecular complexity index is 121. The minimum Gasteiger partial charge on any atom is -0.498 e. The maximum Gasteiger partial charge on any atom is 0.0928 e. The molecule has 0 bridgehead atoms. The fourth-order valence-corrected chi connectivity index (χ4v) is 1.14. The highest BCUT2D eigenvalue weighted by Crippen LogP contribution is 2.07. The van der Waals surface area contributed by atoms with E-state index in [4.69, 9.17) is 4.74 Å². The van der Waals surface area contributed by atoms with Crippen molar-refractivity contribution in [2.24, 2.45) is 0 Å². The summed E-state index contributed by atoms with van der Waals surface area (Å²) in [4.78, 5) is 0. The summed E-state index contributed by atoms with van der Waals surface area (Å²) in [6.07, 6.45) is 6.50. The Morgan fingerprint density at radius 1 is 1.42 bits per heavy atom. The summed E-state index contributed by atoms with van der Waals surface area (Å²) < 4.78 is 5.58. The largest absolute Gasteiger partial charge is 0.498 e. The molecule has 0 atom stereocenters. The lowest BCUT2D eigenvalue weighted by Gasteiger charge is -2.08. The quantitative estimate of drug-likeness (QED) is 0.366. The standard InChI is InChI=1S/C10H20OS/c1-3-5-8-11-10(6-4-2)7-9-12/h6,12H,3-5,7-9H2,1-2H3/b10-6+. The van der Waals surface area contributed by atoms with Gasteiger partial charge in [-0.3, -0.25) is 0 Å². The number of unbranched alkanes of at least 4 members (excludes halogenated alkanes) is 1. The molecular weight excluding hydrogens is 168 g/mol. The molecule has 0 spiro atoms. The Kier molecular flexibility index (Phi) is 8.90. The second-order valence-electron chi connectivity index (χ2n) is 2.75. The third kappa shape index (κ3) is 6.59. The number of allylic oxidation sites excluding steroid dienone is 2. The van der Waals surface area contributed by atoms with Crippen molar-refractivity contribution in [3.63, 3.8) is 0 Å². The summed E-state index contributed by atoms with van der Waals surface area (Å²) in [6, 6.07) is 0. The Balaban J connectivity index is 3.56. The molecule has 0 aromatic heterocycles. The Morgan fingerprint density at radius 2 is 2.17 bits per heavy atom. The van der Waals surface area contributed by atoms with Crippen LogP contribution in [0.3, 0.4) is 0 Å². The summed E-state index contributed by atoms with van der Waals surface area (Å²) in [5, 5.41) is 0. The molecule has 0 saturated carbocycles. The van der Waals surface area contributed by atoms with Crippen LogP contribution >= 0.6 is 12.6 Å². The van der Waals surface area contributed by atoms with Crippen LogP contribution in [0.15, 0.2) is 11.8 Å². The number of rotatable bonds is 7. The SMILES string of the molecule is CC/C=C(\CCS)OCCCC.